The number of carbonyl (C=O) groups is 1. The van der Waals surface area contributed by atoms with E-state index >= 15 is 0 Å². The van der Waals surface area contributed by atoms with Crippen LogP contribution in [-0.4, -0.2) is 176 Å². The van der Waals surface area contributed by atoms with Crippen LogP contribution < -0.4 is 9.47 Å². The average molecular weight is 906 g/mol. The van der Waals surface area contributed by atoms with Crippen LogP contribution in [0, 0.1) is 39.2 Å². The van der Waals surface area contributed by atoms with E-state index in [-0.39, 0.29) is 32.1 Å². The maximum absolute atomic E-state index is 13.6. The monoisotopic (exact) mass is 905 g/mol. The Hall–Kier alpha value is -3.72. The molecule has 23 heteroatoms. The molecule has 18 nitrogen and oxygen atoms in total. The van der Waals surface area contributed by atoms with Crippen molar-refractivity contribution >= 4 is 11.7 Å². The van der Waals surface area contributed by atoms with Crippen LogP contribution in [0.4, 0.5) is 27.6 Å². The standard InChI is InChI=1S/C39H56F5NO17/c40-34-35(41)37(43)39(38(44)36(34)42)62-33(46)5-6-49-7-8-50-9-10-51-11-12-52-13-14-53-15-16-54-17-18-55-19-20-56-21-22-57-23-24-58-25-26-59-27-28-60-29-30-61-32-3-1-31(2-4-32)45(47)48/h1-4H,5-30H2. The summed E-state index contributed by atoms with van der Waals surface area (Å²) in [5.41, 5.74) is 0.00844. The van der Waals surface area contributed by atoms with Gasteiger partial charge in [0, 0.05) is 12.1 Å². The summed E-state index contributed by atoms with van der Waals surface area (Å²) < 4.78 is 141. The third kappa shape index (κ3) is 26.7. The van der Waals surface area contributed by atoms with E-state index in [0.717, 1.165) is 0 Å². The molecule has 0 unspecified atom stereocenters. The Balaban J connectivity index is 1.18. The van der Waals surface area contributed by atoms with E-state index in [1.165, 1.54) is 12.1 Å². The number of benzene rings is 2. The summed E-state index contributed by atoms with van der Waals surface area (Å²) in [6, 6.07) is 5.85. The Morgan fingerprint density at radius 3 is 0.952 bits per heavy atom. The highest BCUT2D eigenvalue weighted by molar-refractivity contribution is 5.72. The molecule has 0 fully saturated rings. The van der Waals surface area contributed by atoms with Crippen molar-refractivity contribution in [1.29, 1.82) is 0 Å². The van der Waals surface area contributed by atoms with Gasteiger partial charge in [-0.1, -0.05) is 0 Å². The summed E-state index contributed by atoms with van der Waals surface area (Å²) >= 11 is 0. The van der Waals surface area contributed by atoms with Crippen molar-refractivity contribution < 1.29 is 98.0 Å². The molecule has 2 aromatic rings. The van der Waals surface area contributed by atoms with Gasteiger partial charge >= 0.3 is 5.97 Å². The molecule has 0 bridgehead atoms. The van der Waals surface area contributed by atoms with Gasteiger partial charge in [0.1, 0.15) is 12.4 Å². The quantitative estimate of drug-likeness (QED) is 0.0136. The lowest BCUT2D eigenvalue weighted by molar-refractivity contribution is -0.384. The number of nitro groups is 1. The van der Waals surface area contributed by atoms with Crippen LogP contribution in [0.1, 0.15) is 6.42 Å². The Morgan fingerprint density at radius 1 is 0.403 bits per heavy atom. The Bertz CT molecular complexity index is 1440. The van der Waals surface area contributed by atoms with Gasteiger partial charge in [0.2, 0.25) is 34.8 Å². The first kappa shape index (κ1) is 54.4. The van der Waals surface area contributed by atoms with E-state index in [4.69, 9.17) is 61.6 Å². The molecule has 0 amide bonds. The fourth-order valence-electron chi connectivity index (χ4n) is 4.40. The van der Waals surface area contributed by atoms with Crippen LogP contribution in [0.25, 0.3) is 0 Å². The van der Waals surface area contributed by atoms with Crippen LogP contribution in [0.15, 0.2) is 24.3 Å². The van der Waals surface area contributed by atoms with Crippen LogP contribution in [-0.2, 0) is 61.6 Å². The first-order valence-electron chi connectivity index (χ1n) is 19.7. The summed E-state index contributed by atoms with van der Waals surface area (Å²) in [4.78, 5) is 21.9. The number of ether oxygens (including phenoxy) is 14. The molecule has 0 saturated carbocycles. The second-order valence-corrected chi connectivity index (χ2v) is 12.1. The molecule has 0 heterocycles. The second kappa shape index (κ2) is 36.7. The van der Waals surface area contributed by atoms with E-state index in [0.29, 0.717) is 144 Å². The minimum atomic E-state index is -2.35. The molecule has 2 rings (SSSR count). The molecule has 2 aromatic carbocycles. The topological polar surface area (TPSA) is 189 Å². The zero-order valence-corrected chi connectivity index (χ0v) is 34.5. The van der Waals surface area contributed by atoms with Crippen molar-refractivity contribution in [3.8, 4) is 11.5 Å². The minimum Gasteiger partial charge on any atom is -0.491 e. The lowest BCUT2D eigenvalue weighted by atomic mass is 10.2. The lowest BCUT2D eigenvalue weighted by Crippen LogP contribution is -2.16. The molecule has 0 saturated heterocycles. The van der Waals surface area contributed by atoms with Gasteiger partial charge in [-0.2, -0.15) is 8.78 Å². The van der Waals surface area contributed by atoms with Gasteiger partial charge in [0.15, 0.2) is 0 Å². The molecule has 0 N–H and O–H groups in total. The number of rotatable bonds is 42. The van der Waals surface area contributed by atoms with Gasteiger partial charge < -0.3 is 66.3 Å². The number of hydrogen-bond donors (Lipinski definition) is 0. The summed E-state index contributed by atoms with van der Waals surface area (Å²) in [7, 11) is 0. The van der Waals surface area contributed by atoms with Gasteiger partial charge in [0.25, 0.3) is 5.69 Å². The number of halogens is 5. The third-order valence-electron chi connectivity index (χ3n) is 7.47. The predicted octanol–water partition coefficient (Wildman–Crippen LogP) is 3.86. The van der Waals surface area contributed by atoms with E-state index in [1.807, 2.05) is 0 Å². The minimum absolute atomic E-state index is 0.00844. The van der Waals surface area contributed by atoms with Crippen molar-refractivity contribution in [3.63, 3.8) is 0 Å². The smallest absolute Gasteiger partial charge is 0.313 e. The van der Waals surface area contributed by atoms with Gasteiger partial charge in [-0.15, -0.1) is 0 Å². The number of nitro benzene ring substituents is 1. The van der Waals surface area contributed by atoms with Crippen molar-refractivity contribution in [1.82, 2.24) is 0 Å². The fraction of sp³-hybridized carbons (Fsp3) is 0.667. The predicted molar refractivity (Wildman–Crippen MR) is 205 cm³/mol. The molecule has 0 aliphatic carbocycles. The largest absolute Gasteiger partial charge is 0.491 e. The highest BCUT2D eigenvalue weighted by atomic mass is 19.2. The zero-order chi connectivity index (χ0) is 44.9. The van der Waals surface area contributed by atoms with E-state index in [2.05, 4.69) is 4.74 Å². The SMILES string of the molecule is O=C(CCOCCOCCOCCOCCOCCOCCOCCOCCOCCOCCOCCOCCOc1ccc([N+](=O)[O-])cc1)Oc1c(F)c(F)c(F)c(F)c1F. The molecule has 0 atom stereocenters. The average Bonchev–Trinajstić information content (AvgIpc) is 3.27. The molecular weight excluding hydrogens is 849 g/mol. The first-order valence-corrected chi connectivity index (χ1v) is 19.7. The molecule has 62 heavy (non-hydrogen) atoms. The Labute approximate surface area is 356 Å². The number of esters is 1. The third-order valence-corrected chi connectivity index (χ3v) is 7.47. The molecule has 0 radical (unpaired) electrons. The van der Waals surface area contributed by atoms with Gasteiger partial charge in [-0.05, 0) is 12.1 Å². The molecular formula is C39H56F5NO17. The lowest BCUT2D eigenvalue weighted by Gasteiger charge is -2.09. The van der Waals surface area contributed by atoms with E-state index in [1.54, 1.807) is 12.1 Å². The van der Waals surface area contributed by atoms with Gasteiger partial charge in [-0.25, -0.2) is 13.2 Å². The van der Waals surface area contributed by atoms with E-state index < -0.39 is 52.1 Å². The highest BCUT2D eigenvalue weighted by Gasteiger charge is 2.28. The molecule has 0 aliphatic heterocycles. The van der Waals surface area contributed by atoms with Crippen molar-refractivity contribution in [3.05, 3.63) is 63.5 Å². The Kier molecular flexibility index (Phi) is 32.2. The number of hydrogen-bond acceptors (Lipinski definition) is 17. The first-order chi connectivity index (χ1) is 30.2. The van der Waals surface area contributed by atoms with Crippen LogP contribution in [0.3, 0.4) is 0 Å². The maximum atomic E-state index is 13.6. The van der Waals surface area contributed by atoms with Crippen LogP contribution in [0.2, 0.25) is 0 Å². The van der Waals surface area contributed by atoms with E-state index in [9.17, 15) is 36.9 Å². The summed E-state index contributed by atoms with van der Waals surface area (Å²) in [6.45, 7) is 8.76. The van der Waals surface area contributed by atoms with Crippen LogP contribution in [0.5, 0.6) is 11.5 Å². The van der Waals surface area contributed by atoms with Gasteiger partial charge in [0.05, 0.1) is 170 Å². The van der Waals surface area contributed by atoms with Crippen molar-refractivity contribution in [2.45, 2.75) is 6.42 Å². The van der Waals surface area contributed by atoms with Crippen molar-refractivity contribution in [2.75, 3.05) is 165 Å². The number of non-ortho nitro benzene ring substituents is 1. The normalized spacial score (nSPS) is 11.4. The number of nitrogens with zero attached hydrogens (tertiary/aromatic N) is 1. The fourth-order valence-corrected chi connectivity index (χ4v) is 4.40. The zero-order valence-electron chi connectivity index (χ0n) is 34.5. The van der Waals surface area contributed by atoms with Gasteiger partial charge in [-0.3, -0.25) is 14.9 Å². The second-order valence-electron chi connectivity index (χ2n) is 12.1. The summed E-state index contributed by atoms with van der Waals surface area (Å²) in [5.74, 6) is -13.6. The summed E-state index contributed by atoms with van der Waals surface area (Å²) in [5, 5.41) is 10.7. The molecule has 354 valence electrons. The highest BCUT2D eigenvalue weighted by Crippen LogP contribution is 2.29. The number of carbonyl (C=O) groups excluding carboxylic acids is 1. The maximum Gasteiger partial charge on any atom is 0.313 e. The van der Waals surface area contributed by atoms with Crippen molar-refractivity contribution in [2.24, 2.45) is 0 Å². The Morgan fingerprint density at radius 2 is 0.661 bits per heavy atom. The molecule has 0 aromatic heterocycles. The summed E-state index contributed by atoms with van der Waals surface area (Å²) in [6.07, 6.45) is -0.496. The van der Waals surface area contributed by atoms with Crippen LogP contribution >= 0.6 is 0 Å². The molecule has 0 spiro atoms. The molecule has 0 aliphatic rings.